The molecule has 1 aromatic carbocycles. The highest BCUT2D eigenvalue weighted by atomic mass is 32.2. The number of hydrogen-bond acceptors (Lipinski definition) is 4. The highest BCUT2D eigenvalue weighted by molar-refractivity contribution is 8.00. The van der Waals surface area contributed by atoms with Gasteiger partial charge in [-0.15, -0.1) is 11.8 Å². The smallest absolute Gasteiger partial charge is 0.102 e. The van der Waals surface area contributed by atoms with Crippen LogP contribution in [0.4, 0.5) is 0 Å². The van der Waals surface area contributed by atoms with Crippen LogP contribution in [0.15, 0.2) is 23.1 Å². The Morgan fingerprint density at radius 3 is 2.61 bits per heavy atom. The Kier molecular flexibility index (Phi) is 6.28. The Morgan fingerprint density at radius 2 is 2.06 bits per heavy atom. The molecule has 0 bridgehead atoms. The van der Waals surface area contributed by atoms with Gasteiger partial charge in [-0.3, -0.25) is 0 Å². The van der Waals surface area contributed by atoms with Crippen LogP contribution in [0.25, 0.3) is 0 Å². The maximum absolute atomic E-state index is 9.14. The molecule has 0 amide bonds. The quantitative estimate of drug-likeness (QED) is 0.798. The maximum Gasteiger partial charge on any atom is 0.102 e. The molecule has 0 radical (unpaired) electrons. The van der Waals surface area contributed by atoms with Crippen molar-refractivity contribution < 1.29 is 5.11 Å². The lowest BCUT2D eigenvalue weighted by Gasteiger charge is -2.15. The van der Waals surface area contributed by atoms with E-state index < -0.39 is 0 Å². The van der Waals surface area contributed by atoms with Crippen molar-refractivity contribution in [2.24, 2.45) is 0 Å². The van der Waals surface area contributed by atoms with Crippen LogP contribution in [0.1, 0.15) is 37.3 Å². The van der Waals surface area contributed by atoms with Crippen LogP contribution >= 0.6 is 11.8 Å². The summed E-state index contributed by atoms with van der Waals surface area (Å²) in [5, 5.41) is 27.4. The number of benzene rings is 1. The van der Waals surface area contributed by atoms with Gasteiger partial charge in [0.1, 0.15) is 12.1 Å². The molecule has 0 aliphatic heterocycles. The largest absolute Gasteiger partial charge is 0.396 e. The molecule has 0 heterocycles. The lowest BCUT2D eigenvalue weighted by molar-refractivity contribution is 0.285. The zero-order valence-electron chi connectivity index (χ0n) is 10.4. The van der Waals surface area contributed by atoms with E-state index in [2.05, 4.69) is 13.0 Å². The van der Waals surface area contributed by atoms with E-state index in [-0.39, 0.29) is 6.61 Å². The minimum absolute atomic E-state index is 0.150. The van der Waals surface area contributed by atoms with E-state index in [4.69, 9.17) is 15.6 Å². The number of nitrogens with zero attached hydrogens (tertiary/aromatic N) is 2. The number of aliphatic hydroxyl groups excluding tert-OH is 1. The summed E-state index contributed by atoms with van der Waals surface area (Å²) in [5.41, 5.74) is 0.866. The zero-order valence-corrected chi connectivity index (χ0v) is 11.2. The Morgan fingerprint density at radius 1 is 1.28 bits per heavy atom. The number of thioether (sulfide) groups is 1. The van der Waals surface area contributed by atoms with Gasteiger partial charge in [-0.05, 0) is 25.0 Å². The molecule has 0 aliphatic rings. The van der Waals surface area contributed by atoms with E-state index in [0.717, 1.165) is 17.7 Å². The molecular formula is C14H16N2OS. The third-order valence-electron chi connectivity index (χ3n) is 2.61. The lowest BCUT2D eigenvalue weighted by atomic mass is 10.1. The monoisotopic (exact) mass is 260 g/mol. The van der Waals surface area contributed by atoms with Crippen molar-refractivity contribution in [3.05, 3.63) is 29.3 Å². The van der Waals surface area contributed by atoms with Gasteiger partial charge in [0.25, 0.3) is 0 Å². The molecule has 1 unspecified atom stereocenters. The van der Waals surface area contributed by atoms with E-state index in [0.29, 0.717) is 22.8 Å². The highest BCUT2D eigenvalue weighted by Crippen LogP contribution is 2.32. The maximum atomic E-state index is 9.14. The highest BCUT2D eigenvalue weighted by Gasteiger charge is 2.14. The van der Waals surface area contributed by atoms with Crippen molar-refractivity contribution in [2.75, 3.05) is 6.61 Å². The van der Waals surface area contributed by atoms with Crippen molar-refractivity contribution in [2.45, 2.75) is 36.3 Å². The van der Waals surface area contributed by atoms with Gasteiger partial charge in [-0.1, -0.05) is 19.4 Å². The van der Waals surface area contributed by atoms with Gasteiger partial charge in [0.15, 0.2) is 0 Å². The molecule has 0 fully saturated rings. The minimum atomic E-state index is 0.150. The second kappa shape index (κ2) is 7.76. The molecule has 0 spiro atoms. The van der Waals surface area contributed by atoms with E-state index in [1.165, 1.54) is 0 Å². The first-order valence-electron chi connectivity index (χ1n) is 5.97. The van der Waals surface area contributed by atoms with Crippen molar-refractivity contribution in [3.8, 4) is 12.1 Å². The normalized spacial score (nSPS) is 11.6. The first-order chi connectivity index (χ1) is 8.76. The Hall–Kier alpha value is -1.49. The van der Waals surface area contributed by atoms with Gasteiger partial charge in [0, 0.05) is 16.8 Å². The molecule has 0 saturated heterocycles. The summed E-state index contributed by atoms with van der Waals surface area (Å²) >= 11 is 1.58. The summed E-state index contributed by atoms with van der Waals surface area (Å²) in [6.45, 7) is 2.25. The third kappa shape index (κ3) is 3.77. The van der Waals surface area contributed by atoms with E-state index >= 15 is 0 Å². The van der Waals surface area contributed by atoms with Crippen molar-refractivity contribution in [3.63, 3.8) is 0 Å². The molecule has 1 aromatic rings. The Bertz CT molecular complexity index is 468. The summed E-state index contributed by atoms with van der Waals surface area (Å²) in [4.78, 5) is 0.837. The van der Waals surface area contributed by atoms with Crippen molar-refractivity contribution in [1.29, 1.82) is 10.5 Å². The number of aliphatic hydroxyl groups is 1. The SMILES string of the molecule is CCCC(CCO)Sc1cccc(C#N)c1C#N. The standard InChI is InChI=1S/C14H16N2OS/c1-2-4-12(7-8-17)18-14-6-3-5-11(9-15)13(14)10-16/h3,5-6,12,17H,2,4,7-8H2,1H3. The molecule has 0 saturated carbocycles. The van der Waals surface area contributed by atoms with Gasteiger partial charge >= 0.3 is 0 Å². The fraction of sp³-hybridized carbons (Fsp3) is 0.429. The summed E-state index contributed by atoms with van der Waals surface area (Å²) < 4.78 is 0. The molecule has 4 heteroatoms. The van der Waals surface area contributed by atoms with Crippen LogP contribution in [0.2, 0.25) is 0 Å². The van der Waals surface area contributed by atoms with E-state index in [1.807, 2.05) is 12.1 Å². The first kappa shape index (κ1) is 14.6. The number of hydrogen-bond donors (Lipinski definition) is 1. The Balaban J connectivity index is 2.96. The van der Waals surface area contributed by atoms with Crippen LogP contribution in [-0.4, -0.2) is 17.0 Å². The Labute approximate surface area is 112 Å². The zero-order chi connectivity index (χ0) is 13.4. The lowest BCUT2D eigenvalue weighted by Crippen LogP contribution is -2.05. The second-order valence-electron chi connectivity index (χ2n) is 3.94. The van der Waals surface area contributed by atoms with Gasteiger partial charge in [0.05, 0.1) is 11.1 Å². The van der Waals surface area contributed by atoms with Gasteiger partial charge in [0.2, 0.25) is 0 Å². The fourth-order valence-corrected chi connectivity index (χ4v) is 3.11. The van der Waals surface area contributed by atoms with Crippen molar-refractivity contribution >= 4 is 11.8 Å². The third-order valence-corrected chi connectivity index (χ3v) is 4.01. The van der Waals surface area contributed by atoms with Gasteiger partial charge in [-0.25, -0.2) is 0 Å². The average Bonchev–Trinajstić information content (AvgIpc) is 2.39. The summed E-state index contributed by atoms with van der Waals surface area (Å²) in [7, 11) is 0. The van der Waals surface area contributed by atoms with E-state index in [9.17, 15) is 0 Å². The summed E-state index contributed by atoms with van der Waals surface area (Å²) in [6.07, 6.45) is 2.74. The van der Waals surface area contributed by atoms with Crippen LogP contribution in [0.5, 0.6) is 0 Å². The molecule has 1 atom stereocenters. The predicted molar refractivity (Wildman–Crippen MR) is 72.1 cm³/mol. The van der Waals surface area contributed by atoms with Gasteiger partial charge in [-0.2, -0.15) is 10.5 Å². The molecule has 3 nitrogen and oxygen atoms in total. The molecule has 0 aliphatic carbocycles. The summed E-state index contributed by atoms with van der Waals surface area (Å²) in [5.74, 6) is 0. The average molecular weight is 260 g/mol. The fourth-order valence-electron chi connectivity index (χ4n) is 1.75. The topological polar surface area (TPSA) is 67.8 Å². The van der Waals surface area contributed by atoms with Crippen molar-refractivity contribution in [1.82, 2.24) is 0 Å². The number of rotatable bonds is 6. The molecule has 1 N–H and O–H groups in total. The molecule has 1 rings (SSSR count). The molecule has 94 valence electrons. The molecule has 18 heavy (non-hydrogen) atoms. The van der Waals surface area contributed by atoms with Crippen LogP contribution in [-0.2, 0) is 0 Å². The minimum Gasteiger partial charge on any atom is -0.396 e. The molecular weight excluding hydrogens is 244 g/mol. The predicted octanol–water partition coefficient (Wildman–Crippen LogP) is 3.07. The molecule has 0 aromatic heterocycles. The van der Waals surface area contributed by atoms with Crippen LogP contribution in [0, 0.1) is 22.7 Å². The van der Waals surface area contributed by atoms with Crippen LogP contribution in [0.3, 0.4) is 0 Å². The van der Waals surface area contributed by atoms with Crippen LogP contribution < -0.4 is 0 Å². The first-order valence-corrected chi connectivity index (χ1v) is 6.85. The number of nitriles is 2. The summed E-state index contributed by atoms with van der Waals surface area (Å²) in [6, 6.07) is 9.45. The van der Waals surface area contributed by atoms with Gasteiger partial charge < -0.3 is 5.11 Å². The van der Waals surface area contributed by atoms with E-state index in [1.54, 1.807) is 23.9 Å². The second-order valence-corrected chi connectivity index (χ2v) is 5.29.